The maximum atomic E-state index is 11.8. The van der Waals surface area contributed by atoms with E-state index in [2.05, 4.69) is 35.3 Å². The fraction of sp³-hybridized carbons (Fsp3) is 0.429. The summed E-state index contributed by atoms with van der Waals surface area (Å²) < 4.78 is 0. The van der Waals surface area contributed by atoms with Crippen LogP contribution in [0.2, 0.25) is 0 Å². The van der Waals surface area contributed by atoms with E-state index in [0.717, 1.165) is 11.3 Å². The number of rotatable bonds is 5. The van der Waals surface area contributed by atoms with Gasteiger partial charge < -0.3 is 11.1 Å². The van der Waals surface area contributed by atoms with Gasteiger partial charge in [-0.25, -0.2) is 4.98 Å². The van der Waals surface area contributed by atoms with Crippen LogP contribution in [0.1, 0.15) is 23.0 Å². The molecule has 0 aromatic carbocycles. The lowest BCUT2D eigenvalue weighted by molar-refractivity contribution is 0.0944. The summed E-state index contributed by atoms with van der Waals surface area (Å²) in [5, 5.41) is 2.88. The van der Waals surface area contributed by atoms with Crippen molar-refractivity contribution in [3.05, 3.63) is 29.6 Å². The second kappa shape index (κ2) is 8.57. The maximum Gasteiger partial charge on any atom is 0.269 e. The molecule has 102 valence electrons. The molecule has 5 heteroatoms. The third-order valence-electron chi connectivity index (χ3n) is 2.39. The fourth-order valence-electron chi connectivity index (χ4n) is 1.46. The fourth-order valence-corrected chi connectivity index (χ4v) is 2.14. The van der Waals surface area contributed by atoms with Crippen molar-refractivity contribution in [3.63, 3.8) is 0 Å². The van der Waals surface area contributed by atoms with Crippen molar-refractivity contribution in [1.82, 2.24) is 10.3 Å². The highest BCUT2D eigenvalue weighted by molar-refractivity contribution is 7.98. The quantitative estimate of drug-likeness (QED) is 0.792. The molecule has 1 unspecified atom stereocenters. The second-order valence-corrected chi connectivity index (χ2v) is 5.12. The lowest BCUT2D eigenvalue weighted by Crippen LogP contribution is -2.29. The number of carbonyl (C=O) groups excluding carboxylic acids is 1. The predicted molar refractivity (Wildman–Crippen MR) is 80.0 cm³/mol. The van der Waals surface area contributed by atoms with Crippen molar-refractivity contribution in [2.75, 3.05) is 25.1 Å². The molecule has 0 bridgehead atoms. The Morgan fingerprint density at radius 3 is 2.95 bits per heavy atom. The molecule has 0 saturated carbocycles. The van der Waals surface area contributed by atoms with Crippen LogP contribution in [0.25, 0.3) is 0 Å². The number of thioether (sulfide) groups is 1. The zero-order chi connectivity index (χ0) is 14.1. The Labute approximate surface area is 118 Å². The predicted octanol–water partition coefficient (Wildman–Crippen LogP) is 1.12. The van der Waals surface area contributed by atoms with Gasteiger partial charge >= 0.3 is 0 Å². The first-order chi connectivity index (χ1) is 9.17. The highest BCUT2D eigenvalue weighted by Crippen LogP contribution is 2.03. The van der Waals surface area contributed by atoms with Gasteiger partial charge in [0, 0.05) is 18.3 Å². The molecule has 1 heterocycles. The van der Waals surface area contributed by atoms with Crippen LogP contribution in [-0.4, -0.2) is 36.0 Å². The van der Waals surface area contributed by atoms with Crippen molar-refractivity contribution < 1.29 is 4.79 Å². The first-order valence-corrected chi connectivity index (χ1v) is 7.49. The molecule has 0 aliphatic heterocycles. The van der Waals surface area contributed by atoms with E-state index in [4.69, 9.17) is 5.73 Å². The molecule has 1 rings (SSSR count). The molecule has 0 fully saturated rings. The van der Waals surface area contributed by atoms with Gasteiger partial charge in [0.1, 0.15) is 5.69 Å². The minimum Gasteiger partial charge on any atom is -0.350 e. The third kappa shape index (κ3) is 5.77. The van der Waals surface area contributed by atoms with Crippen molar-refractivity contribution >= 4 is 17.7 Å². The Morgan fingerprint density at radius 2 is 2.37 bits per heavy atom. The number of aromatic nitrogens is 1. The number of nitrogens with two attached hydrogens (primary N) is 1. The number of pyridine rings is 1. The third-order valence-corrected chi connectivity index (χ3v) is 3.30. The molecular formula is C14H19N3OS. The summed E-state index contributed by atoms with van der Waals surface area (Å²) in [6.07, 6.45) is 3.64. The van der Waals surface area contributed by atoms with E-state index in [9.17, 15) is 4.79 Å². The Kier molecular flexibility index (Phi) is 7.01. The number of hydrogen-bond donors (Lipinski definition) is 2. The molecule has 0 aliphatic rings. The monoisotopic (exact) mass is 277 g/mol. The number of nitrogens with zero attached hydrogens (tertiary/aromatic N) is 1. The highest BCUT2D eigenvalue weighted by atomic mass is 32.2. The molecular weight excluding hydrogens is 258 g/mol. The van der Waals surface area contributed by atoms with Crippen LogP contribution in [0.4, 0.5) is 0 Å². The van der Waals surface area contributed by atoms with Gasteiger partial charge in [-0.1, -0.05) is 18.8 Å². The minimum absolute atomic E-state index is 0.147. The van der Waals surface area contributed by atoms with Gasteiger partial charge in [0.05, 0.1) is 6.54 Å². The smallest absolute Gasteiger partial charge is 0.269 e. The van der Waals surface area contributed by atoms with E-state index >= 15 is 0 Å². The summed E-state index contributed by atoms with van der Waals surface area (Å²) >= 11 is 1.77. The first kappa shape index (κ1) is 15.5. The molecule has 1 atom stereocenters. The Hall–Kier alpha value is -1.51. The summed E-state index contributed by atoms with van der Waals surface area (Å²) in [5.74, 6) is 6.94. The van der Waals surface area contributed by atoms with Crippen molar-refractivity contribution in [3.8, 4) is 11.8 Å². The number of carbonyl (C=O) groups is 1. The minimum atomic E-state index is -0.147. The standard InChI is InChI=1S/C14H19N3OS/c1-11(10-19-2)8-17-14(18)13-6-5-12(9-16-13)4-3-7-15/h5-6,9,11H,7-8,10,15H2,1-2H3,(H,17,18). The Balaban J connectivity index is 2.53. The molecule has 1 aromatic heterocycles. The van der Waals surface area contributed by atoms with E-state index in [1.54, 1.807) is 30.1 Å². The van der Waals surface area contributed by atoms with E-state index in [-0.39, 0.29) is 5.91 Å². The zero-order valence-corrected chi connectivity index (χ0v) is 12.1. The Bertz CT molecular complexity index is 462. The van der Waals surface area contributed by atoms with Gasteiger partial charge in [0.15, 0.2) is 0 Å². The van der Waals surface area contributed by atoms with E-state index in [1.165, 1.54) is 0 Å². The van der Waals surface area contributed by atoms with Gasteiger partial charge in [-0.05, 0) is 30.1 Å². The molecule has 0 radical (unpaired) electrons. The summed E-state index contributed by atoms with van der Waals surface area (Å²) in [5.41, 5.74) is 6.46. The first-order valence-electron chi connectivity index (χ1n) is 6.09. The lowest BCUT2D eigenvalue weighted by Gasteiger charge is -2.10. The van der Waals surface area contributed by atoms with Crippen LogP contribution in [0.3, 0.4) is 0 Å². The Morgan fingerprint density at radius 1 is 1.58 bits per heavy atom. The van der Waals surface area contributed by atoms with Gasteiger partial charge in [-0.3, -0.25) is 4.79 Å². The van der Waals surface area contributed by atoms with Gasteiger partial charge in [-0.2, -0.15) is 11.8 Å². The largest absolute Gasteiger partial charge is 0.350 e. The lowest BCUT2D eigenvalue weighted by atomic mass is 10.2. The normalized spacial score (nSPS) is 11.3. The molecule has 1 aromatic rings. The van der Waals surface area contributed by atoms with Crippen LogP contribution in [0, 0.1) is 17.8 Å². The summed E-state index contributed by atoms with van der Waals surface area (Å²) in [6.45, 7) is 3.08. The van der Waals surface area contributed by atoms with Crippen molar-refractivity contribution in [1.29, 1.82) is 0 Å². The summed E-state index contributed by atoms with van der Waals surface area (Å²) in [4.78, 5) is 15.9. The molecule has 0 aliphatic carbocycles. The van der Waals surface area contributed by atoms with E-state index in [1.807, 2.05) is 0 Å². The van der Waals surface area contributed by atoms with Gasteiger partial charge in [-0.15, -0.1) is 0 Å². The second-order valence-electron chi connectivity index (χ2n) is 4.21. The average molecular weight is 277 g/mol. The zero-order valence-electron chi connectivity index (χ0n) is 11.3. The van der Waals surface area contributed by atoms with Crippen molar-refractivity contribution in [2.24, 2.45) is 11.7 Å². The molecule has 0 saturated heterocycles. The van der Waals surface area contributed by atoms with Crippen LogP contribution in [0.15, 0.2) is 18.3 Å². The topological polar surface area (TPSA) is 68.0 Å². The number of nitrogens with one attached hydrogen (secondary N) is 1. The van der Waals surface area contributed by atoms with E-state index < -0.39 is 0 Å². The molecule has 19 heavy (non-hydrogen) atoms. The molecule has 1 amide bonds. The highest BCUT2D eigenvalue weighted by Gasteiger charge is 2.08. The number of hydrogen-bond acceptors (Lipinski definition) is 4. The maximum absolute atomic E-state index is 11.8. The van der Waals surface area contributed by atoms with Crippen LogP contribution < -0.4 is 11.1 Å². The summed E-state index contributed by atoms with van der Waals surface area (Å²) in [6, 6.07) is 3.45. The molecule has 3 N–H and O–H groups in total. The van der Waals surface area contributed by atoms with Gasteiger partial charge in [0.2, 0.25) is 0 Å². The van der Waals surface area contributed by atoms with Crippen molar-refractivity contribution in [2.45, 2.75) is 6.92 Å². The van der Waals surface area contributed by atoms with Gasteiger partial charge in [0.25, 0.3) is 5.91 Å². The summed E-state index contributed by atoms with van der Waals surface area (Å²) in [7, 11) is 0. The van der Waals surface area contributed by atoms with Crippen LogP contribution >= 0.6 is 11.8 Å². The number of amides is 1. The van der Waals surface area contributed by atoms with Crippen LogP contribution in [0.5, 0.6) is 0 Å². The van der Waals surface area contributed by atoms with E-state index in [0.29, 0.717) is 24.7 Å². The SMILES string of the molecule is CSCC(C)CNC(=O)c1ccc(C#CCN)cn1. The molecule has 4 nitrogen and oxygen atoms in total. The average Bonchev–Trinajstić information content (AvgIpc) is 2.43. The van der Waals surface area contributed by atoms with Crippen LogP contribution in [-0.2, 0) is 0 Å². The molecule has 0 spiro atoms.